The van der Waals surface area contributed by atoms with E-state index in [1.807, 2.05) is 0 Å². The molecular formula is C11H15NO2. The van der Waals surface area contributed by atoms with Gasteiger partial charge >= 0.3 is 0 Å². The second-order valence-electron chi connectivity index (χ2n) is 5.04. The first-order chi connectivity index (χ1) is 6.71. The number of carbonyl (C=O) groups excluding carboxylic acids is 2. The summed E-state index contributed by atoms with van der Waals surface area (Å²) >= 11 is 0. The van der Waals surface area contributed by atoms with Gasteiger partial charge in [0.05, 0.1) is 0 Å². The Labute approximate surface area is 83.5 Å². The first-order valence-corrected chi connectivity index (χ1v) is 5.53. The van der Waals surface area contributed by atoms with E-state index < -0.39 is 0 Å². The fourth-order valence-electron chi connectivity index (χ4n) is 2.70. The largest absolute Gasteiger partial charge is 0.335 e. The Morgan fingerprint density at radius 3 is 2.43 bits per heavy atom. The highest BCUT2D eigenvalue weighted by Crippen LogP contribution is 2.61. The van der Waals surface area contributed by atoms with Crippen LogP contribution in [0.5, 0.6) is 0 Å². The van der Waals surface area contributed by atoms with E-state index >= 15 is 0 Å². The van der Waals surface area contributed by atoms with Crippen LogP contribution >= 0.6 is 0 Å². The lowest BCUT2D eigenvalue weighted by Gasteiger charge is -2.22. The smallest absolute Gasteiger partial charge is 0.290 e. The zero-order chi connectivity index (χ0) is 9.76. The first kappa shape index (κ1) is 8.45. The van der Waals surface area contributed by atoms with Crippen molar-refractivity contribution in [3.05, 3.63) is 0 Å². The van der Waals surface area contributed by atoms with Crippen LogP contribution in [-0.2, 0) is 9.59 Å². The molecule has 0 N–H and O–H groups in total. The number of Topliss-reactive ketones (excluding diaryl/α,β-unsaturated/α-hetero) is 1. The van der Waals surface area contributed by atoms with Crippen LogP contribution in [-0.4, -0.2) is 29.7 Å². The summed E-state index contributed by atoms with van der Waals surface area (Å²) in [4.78, 5) is 24.3. The molecule has 0 aromatic carbocycles. The third kappa shape index (κ3) is 1.18. The Balaban J connectivity index is 1.67. The molecule has 0 radical (unpaired) electrons. The summed E-state index contributed by atoms with van der Waals surface area (Å²) < 4.78 is 0. The van der Waals surface area contributed by atoms with Crippen LogP contribution in [0.25, 0.3) is 0 Å². The number of hydrogen-bond donors (Lipinski definition) is 0. The fourth-order valence-corrected chi connectivity index (χ4v) is 2.70. The maximum Gasteiger partial charge on any atom is 0.290 e. The monoisotopic (exact) mass is 193 g/mol. The molecule has 3 aliphatic rings. The van der Waals surface area contributed by atoms with Gasteiger partial charge in [-0.25, -0.2) is 0 Å². The Morgan fingerprint density at radius 2 is 2.00 bits per heavy atom. The van der Waals surface area contributed by atoms with E-state index in [-0.39, 0.29) is 11.7 Å². The van der Waals surface area contributed by atoms with Gasteiger partial charge in [0.2, 0.25) is 5.78 Å². The van der Waals surface area contributed by atoms with Crippen molar-refractivity contribution in [2.75, 3.05) is 13.1 Å². The Morgan fingerprint density at radius 1 is 1.29 bits per heavy atom. The van der Waals surface area contributed by atoms with Crippen molar-refractivity contribution < 1.29 is 9.59 Å². The van der Waals surface area contributed by atoms with Gasteiger partial charge < -0.3 is 4.90 Å². The molecule has 0 aromatic heterocycles. The van der Waals surface area contributed by atoms with Crippen LogP contribution in [0.4, 0.5) is 0 Å². The number of rotatable bonds is 3. The zero-order valence-electron chi connectivity index (χ0n) is 8.29. The molecule has 3 heteroatoms. The van der Waals surface area contributed by atoms with Gasteiger partial charge in [0.25, 0.3) is 5.91 Å². The van der Waals surface area contributed by atoms with Crippen LogP contribution in [0.3, 0.4) is 0 Å². The van der Waals surface area contributed by atoms with Gasteiger partial charge in [-0.1, -0.05) is 0 Å². The lowest BCUT2D eigenvalue weighted by molar-refractivity contribution is -0.140. The third-order valence-corrected chi connectivity index (χ3v) is 3.98. The molecule has 0 unspecified atom stereocenters. The average molecular weight is 193 g/mol. The molecule has 1 heterocycles. The quantitative estimate of drug-likeness (QED) is 0.626. The number of ketones is 1. The van der Waals surface area contributed by atoms with E-state index in [9.17, 15) is 9.59 Å². The summed E-state index contributed by atoms with van der Waals surface area (Å²) in [6.07, 6.45) is 5.68. The molecule has 3 nitrogen and oxygen atoms in total. The van der Waals surface area contributed by atoms with E-state index in [0.717, 1.165) is 12.5 Å². The van der Waals surface area contributed by atoms with Crippen molar-refractivity contribution in [3.63, 3.8) is 0 Å². The standard InChI is InChI=1S/C11H15NO2/c13-9-3-6-12(10(9)14)7-11(4-5-11)8-1-2-8/h8H,1-7H2. The molecule has 2 saturated carbocycles. The Hall–Kier alpha value is -0.860. The minimum Gasteiger partial charge on any atom is -0.335 e. The highest BCUT2D eigenvalue weighted by atomic mass is 16.2. The summed E-state index contributed by atoms with van der Waals surface area (Å²) in [7, 11) is 0. The first-order valence-electron chi connectivity index (χ1n) is 5.53. The van der Waals surface area contributed by atoms with Gasteiger partial charge in [-0.2, -0.15) is 0 Å². The number of nitrogens with zero attached hydrogens (tertiary/aromatic N) is 1. The molecule has 1 amide bonds. The predicted octanol–water partition coefficient (Wildman–Crippen LogP) is 0.978. The second-order valence-corrected chi connectivity index (χ2v) is 5.04. The predicted molar refractivity (Wildman–Crippen MR) is 50.6 cm³/mol. The van der Waals surface area contributed by atoms with Crippen LogP contribution in [0, 0.1) is 11.3 Å². The fraction of sp³-hybridized carbons (Fsp3) is 0.818. The Kier molecular flexibility index (Phi) is 1.56. The minimum absolute atomic E-state index is 0.184. The highest BCUT2D eigenvalue weighted by Gasteiger charge is 2.55. The zero-order valence-corrected chi connectivity index (χ0v) is 8.29. The van der Waals surface area contributed by atoms with Crippen molar-refractivity contribution in [1.82, 2.24) is 4.90 Å². The van der Waals surface area contributed by atoms with E-state index in [4.69, 9.17) is 0 Å². The molecule has 0 aromatic rings. The summed E-state index contributed by atoms with van der Waals surface area (Å²) in [6.45, 7) is 1.54. The van der Waals surface area contributed by atoms with E-state index in [1.54, 1.807) is 4.90 Å². The van der Waals surface area contributed by atoms with Gasteiger partial charge in [-0.05, 0) is 37.0 Å². The van der Waals surface area contributed by atoms with Crippen molar-refractivity contribution in [3.8, 4) is 0 Å². The summed E-state index contributed by atoms with van der Waals surface area (Å²) in [5.74, 6) is 0.458. The maximum atomic E-state index is 11.4. The lowest BCUT2D eigenvalue weighted by Crippen LogP contribution is -2.34. The molecule has 1 aliphatic heterocycles. The van der Waals surface area contributed by atoms with Gasteiger partial charge in [0.15, 0.2) is 0 Å². The van der Waals surface area contributed by atoms with E-state index in [2.05, 4.69) is 0 Å². The maximum absolute atomic E-state index is 11.4. The number of hydrogen-bond acceptors (Lipinski definition) is 2. The van der Waals surface area contributed by atoms with Crippen molar-refractivity contribution in [1.29, 1.82) is 0 Å². The van der Waals surface area contributed by atoms with Gasteiger partial charge in [0.1, 0.15) is 0 Å². The highest BCUT2D eigenvalue weighted by molar-refractivity contribution is 6.37. The van der Waals surface area contributed by atoms with Crippen LogP contribution in [0.1, 0.15) is 32.1 Å². The molecule has 0 spiro atoms. The van der Waals surface area contributed by atoms with Crippen LogP contribution < -0.4 is 0 Å². The van der Waals surface area contributed by atoms with Crippen molar-refractivity contribution >= 4 is 11.7 Å². The van der Waals surface area contributed by atoms with Crippen LogP contribution in [0.15, 0.2) is 0 Å². The molecule has 2 aliphatic carbocycles. The minimum atomic E-state index is -0.225. The van der Waals surface area contributed by atoms with E-state index in [1.165, 1.54) is 25.7 Å². The lowest BCUT2D eigenvalue weighted by atomic mass is 10.0. The molecule has 1 saturated heterocycles. The number of amides is 1. The normalized spacial score (nSPS) is 29.9. The van der Waals surface area contributed by atoms with Gasteiger partial charge in [-0.15, -0.1) is 0 Å². The summed E-state index contributed by atoms with van der Waals surface area (Å²) in [5, 5.41) is 0. The SMILES string of the molecule is O=C1CCN(CC2(C3CC3)CC2)C1=O. The topological polar surface area (TPSA) is 37.4 Å². The second kappa shape index (κ2) is 2.59. The van der Waals surface area contributed by atoms with Crippen LogP contribution in [0.2, 0.25) is 0 Å². The molecule has 0 atom stereocenters. The molecule has 0 bridgehead atoms. The Bertz CT molecular complexity index is 302. The molecule has 14 heavy (non-hydrogen) atoms. The van der Waals surface area contributed by atoms with E-state index in [0.29, 0.717) is 18.4 Å². The third-order valence-electron chi connectivity index (χ3n) is 3.98. The molecule has 3 rings (SSSR count). The van der Waals surface area contributed by atoms with Crippen molar-refractivity contribution in [2.45, 2.75) is 32.1 Å². The number of likely N-dealkylation sites (tertiary alicyclic amines) is 1. The summed E-state index contributed by atoms with van der Waals surface area (Å²) in [5.41, 5.74) is 0.445. The van der Waals surface area contributed by atoms with Crippen molar-refractivity contribution in [2.24, 2.45) is 11.3 Å². The van der Waals surface area contributed by atoms with Gasteiger partial charge in [-0.3, -0.25) is 9.59 Å². The molecule has 3 fully saturated rings. The molecular weight excluding hydrogens is 178 g/mol. The summed E-state index contributed by atoms with van der Waals surface area (Å²) in [6, 6.07) is 0. The number of carbonyl (C=O) groups is 2. The molecule has 76 valence electrons. The average Bonchev–Trinajstić information content (AvgIpc) is 2.99. The van der Waals surface area contributed by atoms with Gasteiger partial charge in [0, 0.05) is 19.5 Å².